The Labute approximate surface area is 120 Å². The molecule has 2 rings (SSSR count). The minimum atomic E-state index is 0.511. The predicted octanol–water partition coefficient (Wildman–Crippen LogP) is 4.07. The largest absolute Gasteiger partial charge is 0.295 e. The monoisotopic (exact) mass is 276 g/mol. The van der Waals surface area contributed by atoms with Crippen LogP contribution in [0.5, 0.6) is 0 Å². The molecule has 0 fully saturated rings. The van der Waals surface area contributed by atoms with Gasteiger partial charge in [-0.1, -0.05) is 24.3 Å². The van der Waals surface area contributed by atoms with Crippen LogP contribution in [0, 0.1) is 0 Å². The molecule has 2 nitrogen and oxygen atoms in total. The van der Waals surface area contributed by atoms with Gasteiger partial charge in [0.1, 0.15) is 0 Å². The highest BCUT2D eigenvalue weighted by Crippen LogP contribution is 2.14. The Morgan fingerprint density at radius 2 is 1.95 bits per heavy atom. The number of halogens is 1. The van der Waals surface area contributed by atoms with E-state index in [9.17, 15) is 0 Å². The Balaban J connectivity index is 2.14. The second-order valence-electron chi connectivity index (χ2n) is 5.10. The van der Waals surface area contributed by atoms with Crippen molar-refractivity contribution in [3.63, 3.8) is 0 Å². The number of benzene rings is 1. The molecule has 0 bridgehead atoms. The van der Waals surface area contributed by atoms with Gasteiger partial charge in [0.15, 0.2) is 0 Å². The Bertz CT molecular complexity index is 525. The highest BCUT2D eigenvalue weighted by Gasteiger charge is 2.10. The number of hydrogen-bond donors (Lipinski definition) is 0. The van der Waals surface area contributed by atoms with Gasteiger partial charge in [0.25, 0.3) is 0 Å². The summed E-state index contributed by atoms with van der Waals surface area (Å²) in [6.07, 6.45) is 1.02. The maximum absolute atomic E-state index is 5.79. The molecule has 0 radical (unpaired) electrons. The summed E-state index contributed by atoms with van der Waals surface area (Å²) in [6.45, 7) is 6.35. The average molecular weight is 277 g/mol. The maximum Gasteiger partial charge on any atom is 0.0705 e. The minimum Gasteiger partial charge on any atom is -0.295 e. The Morgan fingerprint density at radius 1 is 1.16 bits per heavy atom. The fraction of sp³-hybridized carbons (Fsp3) is 0.438. The van der Waals surface area contributed by atoms with Crippen LogP contribution in [-0.4, -0.2) is 28.4 Å². The molecule has 102 valence electrons. The molecule has 2 aromatic rings. The van der Waals surface area contributed by atoms with E-state index < -0.39 is 0 Å². The zero-order valence-electron chi connectivity index (χ0n) is 11.6. The van der Waals surface area contributed by atoms with Crippen molar-refractivity contribution < 1.29 is 0 Å². The summed E-state index contributed by atoms with van der Waals surface area (Å²) in [4.78, 5) is 7.15. The number of fused-ring (bicyclic) bond motifs is 1. The molecule has 1 heterocycles. The van der Waals surface area contributed by atoms with Crippen LogP contribution < -0.4 is 0 Å². The fourth-order valence-corrected chi connectivity index (χ4v) is 2.31. The van der Waals surface area contributed by atoms with Gasteiger partial charge in [-0.3, -0.25) is 9.88 Å². The number of rotatable bonds is 6. The van der Waals surface area contributed by atoms with Crippen LogP contribution in [0.2, 0.25) is 0 Å². The number of alkyl halides is 1. The Hall–Kier alpha value is -1.12. The van der Waals surface area contributed by atoms with Gasteiger partial charge in [0.05, 0.1) is 11.2 Å². The van der Waals surface area contributed by atoms with E-state index >= 15 is 0 Å². The van der Waals surface area contributed by atoms with Crippen LogP contribution >= 0.6 is 11.6 Å². The van der Waals surface area contributed by atoms with Gasteiger partial charge in [-0.2, -0.15) is 0 Å². The average Bonchev–Trinajstić information content (AvgIpc) is 2.43. The van der Waals surface area contributed by atoms with Crippen LogP contribution in [0.25, 0.3) is 10.9 Å². The molecular weight excluding hydrogens is 256 g/mol. The first-order valence-electron chi connectivity index (χ1n) is 6.85. The Morgan fingerprint density at radius 3 is 2.68 bits per heavy atom. The smallest absolute Gasteiger partial charge is 0.0705 e. The van der Waals surface area contributed by atoms with E-state index in [-0.39, 0.29) is 0 Å². The molecule has 1 aromatic heterocycles. The van der Waals surface area contributed by atoms with Gasteiger partial charge in [-0.15, -0.1) is 11.6 Å². The Kier molecular flexibility index (Phi) is 5.17. The predicted molar refractivity (Wildman–Crippen MR) is 82.6 cm³/mol. The molecule has 0 atom stereocenters. The normalized spacial score (nSPS) is 11.6. The lowest BCUT2D eigenvalue weighted by molar-refractivity contribution is 0.211. The van der Waals surface area contributed by atoms with Crippen molar-refractivity contribution >= 4 is 22.5 Å². The number of para-hydroxylation sites is 1. The molecular formula is C16H21ClN2. The molecule has 0 aliphatic carbocycles. The van der Waals surface area contributed by atoms with Crippen molar-refractivity contribution in [3.05, 3.63) is 42.1 Å². The third-order valence-corrected chi connectivity index (χ3v) is 3.60. The van der Waals surface area contributed by atoms with Gasteiger partial charge in [0, 0.05) is 23.9 Å². The summed E-state index contributed by atoms with van der Waals surface area (Å²) in [7, 11) is 0. The van der Waals surface area contributed by atoms with Crippen molar-refractivity contribution in [3.8, 4) is 0 Å². The van der Waals surface area contributed by atoms with Crippen molar-refractivity contribution in [1.29, 1.82) is 0 Å². The molecule has 0 spiro atoms. The van der Waals surface area contributed by atoms with Crippen LogP contribution in [0.3, 0.4) is 0 Å². The van der Waals surface area contributed by atoms with Crippen molar-refractivity contribution in [2.75, 3.05) is 12.4 Å². The summed E-state index contributed by atoms with van der Waals surface area (Å²) in [5.74, 6) is 0.717. The summed E-state index contributed by atoms with van der Waals surface area (Å²) in [5, 5.41) is 1.20. The quantitative estimate of drug-likeness (QED) is 0.739. The van der Waals surface area contributed by atoms with Gasteiger partial charge in [0.2, 0.25) is 0 Å². The van der Waals surface area contributed by atoms with E-state index in [1.807, 2.05) is 12.1 Å². The summed E-state index contributed by atoms with van der Waals surface area (Å²) >= 11 is 5.79. The van der Waals surface area contributed by atoms with Crippen molar-refractivity contribution in [1.82, 2.24) is 9.88 Å². The second-order valence-corrected chi connectivity index (χ2v) is 5.48. The lowest BCUT2D eigenvalue weighted by Crippen LogP contribution is -2.31. The highest BCUT2D eigenvalue weighted by atomic mass is 35.5. The van der Waals surface area contributed by atoms with Gasteiger partial charge in [-0.25, -0.2) is 0 Å². The van der Waals surface area contributed by atoms with E-state index in [1.165, 1.54) is 5.39 Å². The van der Waals surface area contributed by atoms with E-state index in [0.29, 0.717) is 11.9 Å². The zero-order chi connectivity index (χ0) is 13.7. The molecule has 1 aromatic carbocycles. The molecule has 3 heteroatoms. The van der Waals surface area contributed by atoms with Crippen LogP contribution in [0.1, 0.15) is 26.0 Å². The number of aromatic nitrogens is 1. The first-order valence-corrected chi connectivity index (χ1v) is 7.39. The second kappa shape index (κ2) is 6.88. The zero-order valence-corrected chi connectivity index (χ0v) is 12.4. The third-order valence-electron chi connectivity index (χ3n) is 3.33. The van der Waals surface area contributed by atoms with Crippen LogP contribution in [-0.2, 0) is 6.54 Å². The first-order chi connectivity index (χ1) is 9.20. The molecule has 0 N–H and O–H groups in total. The molecule has 0 unspecified atom stereocenters. The van der Waals surface area contributed by atoms with Crippen molar-refractivity contribution in [2.24, 2.45) is 0 Å². The lowest BCUT2D eigenvalue weighted by Gasteiger charge is -2.25. The number of hydrogen-bond acceptors (Lipinski definition) is 2. The van der Waals surface area contributed by atoms with Crippen LogP contribution in [0.15, 0.2) is 36.4 Å². The highest BCUT2D eigenvalue weighted by molar-refractivity contribution is 6.17. The molecule has 0 saturated heterocycles. The summed E-state index contributed by atoms with van der Waals surface area (Å²) in [5.41, 5.74) is 2.20. The number of nitrogens with zero attached hydrogens (tertiary/aromatic N) is 2. The molecule has 0 aliphatic heterocycles. The maximum atomic E-state index is 5.79. The van der Waals surface area contributed by atoms with Gasteiger partial charge >= 0.3 is 0 Å². The molecule has 0 amide bonds. The van der Waals surface area contributed by atoms with Gasteiger partial charge < -0.3 is 0 Å². The summed E-state index contributed by atoms with van der Waals surface area (Å²) < 4.78 is 0. The third kappa shape index (κ3) is 3.92. The standard InChI is InChI=1S/C16H21ClN2/c1-13(2)19(11-5-10-17)12-15-9-8-14-6-3-4-7-16(14)18-15/h3-4,6-9,13H,5,10-12H2,1-2H3. The molecule has 0 aliphatic rings. The summed E-state index contributed by atoms with van der Waals surface area (Å²) in [6, 6.07) is 13.0. The van der Waals surface area contributed by atoms with E-state index in [4.69, 9.17) is 16.6 Å². The SMILES string of the molecule is CC(C)N(CCCCl)Cc1ccc2ccccc2n1. The van der Waals surface area contributed by atoms with E-state index in [1.54, 1.807) is 0 Å². The lowest BCUT2D eigenvalue weighted by atomic mass is 10.2. The van der Waals surface area contributed by atoms with Gasteiger partial charge in [-0.05, 0) is 38.9 Å². The fourth-order valence-electron chi connectivity index (χ4n) is 2.19. The molecule has 0 saturated carbocycles. The van der Waals surface area contributed by atoms with Crippen molar-refractivity contribution in [2.45, 2.75) is 32.9 Å². The topological polar surface area (TPSA) is 16.1 Å². The minimum absolute atomic E-state index is 0.511. The van der Waals surface area contributed by atoms with Crippen LogP contribution in [0.4, 0.5) is 0 Å². The van der Waals surface area contributed by atoms with E-state index in [0.717, 1.165) is 30.7 Å². The van der Waals surface area contributed by atoms with E-state index in [2.05, 4.69) is 43.0 Å². The number of pyridine rings is 1. The molecule has 19 heavy (non-hydrogen) atoms. The first kappa shape index (κ1) is 14.3.